The number of amides is 1. The van der Waals surface area contributed by atoms with Crippen LogP contribution in [-0.4, -0.2) is 61.4 Å². The molecule has 1 N–H and O–H groups in total. The topological polar surface area (TPSA) is 196 Å². The number of benzene rings is 2. The zero-order valence-electron chi connectivity index (χ0n) is 19.8. The number of fused-ring (bicyclic) bond motifs is 1. The van der Waals surface area contributed by atoms with Gasteiger partial charge in [0, 0.05) is 37.1 Å². The molecular weight excluding hydrogens is 506 g/mol. The number of carbonyl (C=O) groups is 4. The maximum atomic E-state index is 13.1. The highest BCUT2D eigenvalue weighted by Gasteiger charge is 2.70. The lowest BCUT2D eigenvalue weighted by atomic mass is 9.81. The fourth-order valence-electron chi connectivity index (χ4n) is 4.89. The first-order valence-electron chi connectivity index (χ1n) is 11.4. The van der Waals surface area contributed by atoms with E-state index in [-0.39, 0.29) is 30.8 Å². The van der Waals surface area contributed by atoms with Crippen molar-refractivity contribution in [3.05, 3.63) is 79.9 Å². The van der Waals surface area contributed by atoms with E-state index in [2.05, 4.69) is 0 Å². The van der Waals surface area contributed by atoms with Gasteiger partial charge in [-0.05, 0) is 30.2 Å². The molecule has 2 aliphatic heterocycles. The molecule has 0 saturated carbocycles. The molecule has 4 unspecified atom stereocenters. The van der Waals surface area contributed by atoms with Crippen LogP contribution < -0.4 is 0 Å². The van der Waals surface area contributed by atoms with Crippen molar-refractivity contribution in [1.29, 1.82) is 0 Å². The summed E-state index contributed by atoms with van der Waals surface area (Å²) in [5, 5.41) is 31.6. The number of hydrogen-bond acceptors (Lipinski definition) is 10. The minimum atomic E-state index is -2.18. The Morgan fingerprint density at radius 2 is 1.55 bits per heavy atom. The number of carboxylic acid groups (broad SMARTS) is 1. The predicted octanol–water partition coefficient (Wildman–Crippen LogP) is 2.41. The van der Waals surface area contributed by atoms with Crippen molar-refractivity contribution in [3.63, 3.8) is 0 Å². The summed E-state index contributed by atoms with van der Waals surface area (Å²) in [6.45, 7) is 1.18. The first kappa shape index (κ1) is 26.2. The zero-order valence-corrected chi connectivity index (χ0v) is 19.8. The van der Waals surface area contributed by atoms with E-state index < -0.39 is 57.3 Å². The normalized spacial score (nSPS) is 22.7. The number of carbonyl (C=O) groups excluding carboxylic acids is 3. The van der Waals surface area contributed by atoms with Crippen molar-refractivity contribution < 1.29 is 43.6 Å². The predicted molar refractivity (Wildman–Crippen MR) is 125 cm³/mol. The van der Waals surface area contributed by atoms with Gasteiger partial charge in [-0.3, -0.25) is 29.8 Å². The van der Waals surface area contributed by atoms with E-state index in [1.807, 2.05) is 0 Å². The van der Waals surface area contributed by atoms with Crippen LogP contribution in [0.4, 0.5) is 16.2 Å². The number of hydrogen-bond donors (Lipinski definition) is 1. The smallest absolute Gasteiger partial charge is 0.479 e. The molecule has 0 bridgehead atoms. The Hall–Kier alpha value is -4.88. The third-order valence-corrected chi connectivity index (χ3v) is 6.79. The highest BCUT2D eigenvalue weighted by molar-refractivity contribution is 6.15. The molecule has 198 valence electrons. The summed E-state index contributed by atoms with van der Waals surface area (Å²) in [6, 6.07) is 9.51. The van der Waals surface area contributed by atoms with Gasteiger partial charge in [-0.15, -0.1) is 0 Å². The molecule has 2 aromatic rings. The van der Waals surface area contributed by atoms with E-state index in [9.17, 15) is 44.5 Å². The second-order valence-electron chi connectivity index (χ2n) is 8.98. The van der Waals surface area contributed by atoms with Crippen LogP contribution in [0.1, 0.15) is 24.5 Å². The van der Waals surface area contributed by atoms with Crippen LogP contribution in [0, 0.1) is 26.1 Å². The molecule has 14 nitrogen and oxygen atoms in total. The largest absolute Gasteiger partial charge is 0.508 e. The number of non-ortho nitro benzene ring substituents is 2. The zero-order chi connectivity index (χ0) is 27.8. The number of aliphatic carboxylic acids is 1. The van der Waals surface area contributed by atoms with Crippen molar-refractivity contribution >= 4 is 35.2 Å². The molecular formula is C24H21N3O11. The number of ketones is 1. The third-order valence-electron chi connectivity index (χ3n) is 6.79. The van der Waals surface area contributed by atoms with Crippen LogP contribution in [-0.2, 0) is 36.9 Å². The molecule has 0 spiro atoms. The molecule has 4 atom stereocenters. The van der Waals surface area contributed by atoms with Crippen LogP contribution in [0.3, 0.4) is 0 Å². The van der Waals surface area contributed by atoms with E-state index in [4.69, 9.17) is 9.47 Å². The summed E-state index contributed by atoms with van der Waals surface area (Å²) in [6.07, 6.45) is -2.78. The average Bonchev–Trinajstić information content (AvgIpc) is 3.11. The molecule has 0 aliphatic carbocycles. The van der Waals surface area contributed by atoms with E-state index in [1.54, 1.807) is 0 Å². The Bertz CT molecular complexity index is 1330. The number of nitro groups is 2. The van der Waals surface area contributed by atoms with Gasteiger partial charge in [0.2, 0.25) is 11.4 Å². The second-order valence-corrected chi connectivity index (χ2v) is 8.98. The van der Waals surface area contributed by atoms with Crippen LogP contribution in [0.15, 0.2) is 48.5 Å². The van der Waals surface area contributed by atoms with Gasteiger partial charge in [0.05, 0.1) is 21.8 Å². The molecule has 1 amide bonds. The van der Waals surface area contributed by atoms with Crippen LogP contribution >= 0.6 is 0 Å². The van der Waals surface area contributed by atoms with Crippen molar-refractivity contribution in [2.24, 2.45) is 5.92 Å². The maximum absolute atomic E-state index is 13.1. The molecule has 2 fully saturated rings. The number of nitrogens with zero attached hydrogens (tertiary/aromatic N) is 3. The monoisotopic (exact) mass is 527 g/mol. The summed E-state index contributed by atoms with van der Waals surface area (Å²) >= 11 is 0. The van der Waals surface area contributed by atoms with Crippen molar-refractivity contribution in [2.75, 3.05) is 0 Å². The minimum absolute atomic E-state index is 0.130. The fourth-order valence-corrected chi connectivity index (χ4v) is 4.89. The van der Waals surface area contributed by atoms with E-state index >= 15 is 0 Å². The number of carboxylic acids is 1. The molecule has 4 rings (SSSR count). The van der Waals surface area contributed by atoms with Crippen LogP contribution in [0.5, 0.6) is 0 Å². The van der Waals surface area contributed by atoms with Crippen molar-refractivity contribution in [3.8, 4) is 0 Å². The Morgan fingerprint density at radius 3 is 2.05 bits per heavy atom. The molecule has 2 aromatic carbocycles. The fraction of sp³-hybridized carbons (Fsp3) is 0.333. The first-order valence-corrected chi connectivity index (χ1v) is 11.4. The number of nitro benzene ring substituents is 2. The maximum Gasteiger partial charge on any atom is 0.508 e. The molecule has 0 aromatic heterocycles. The standard InChI is InChI=1S/C24H21N3O11/c1-13(38-23(32)37-12-15-4-8-17(9-5-15)27(35)36)20-18-10-19(28)24(22(30)31,25(18)21(20)29)11-14-2-6-16(7-3-14)26(33)34/h2-9,13,18,20H,10-12H2,1H3,(H,30,31). The molecule has 2 heterocycles. The molecule has 38 heavy (non-hydrogen) atoms. The van der Waals surface area contributed by atoms with Gasteiger partial charge in [-0.2, -0.15) is 0 Å². The Labute approximate surface area is 214 Å². The molecule has 14 heteroatoms. The number of Topliss-reactive ketones (excluding diaryl/α,β-unsaturated/α-hetero) is 1. The van der Waals surface area contributed by atoms with Gasteiger partial charge in [0.15, 0.2) is 5.78 Å². The average molecular weight is 527 g/mol. The van der Waals surface area contributed by atoms with Crippen LogP contribution in [0.2, 0.25) is 0 Å². The van der Waals surface area contributed by atoms with Gasteiger partial charge < -0.3 is 19.5 Å². The summed E-state index contributed by atoms with van der Waals surface area (Å²) in [7, 11) is 0. The molecule has 2 aliphatic rings. The van der Waals surface area contributed by atoms with E-state index in [1.165, 1.54) is 55.5 Å². The number of rotatable bonds is 9. The summed E-state index contributed by atoms with van der Waals surface area (Å²) in [5.41, 5.74) is -1.73. The van der Waals surface area contributed by atoms with Crippen LogP contribution in [0.25, 0.3) is 0 Å². The van der Waals surface area contributed by atoms with Gasteiger partial charge in [0.25, 0.3) is 11.4 Å². The Morgan fingerprint density at radius 1 is 1.03 bits per heavy atom. The minimum Gasteiger partial charge on any atom is -0.479 e. The Kier molecular flexibility index (Phi) is 6.81. The number of β-lactam (4-membered cyclic amide) rings is 1. The summed E-state index contributed by atoms with van der Waals surface area (Å²) in [4.78, 5) is 72.0. The quantitative estimate of drug-likeness (QED) is 0.165. The molecule has 0 radical (unpaired) electrons. The lowest BCUT2D eigenvalue weighted by Gasteiger charge is -2.49. The van der Waals surface area contributed by atoms with Gasteiger partial charge in [-0.25, -0.2) is 9.59 Å². The molecule has 2 saturated heterocycles. The first-order chi connectivity index (χ1) is 18.0. The van der Waals surface area contributed by atoms with Crippen molar-refractivity contribution in [2.45, 2.75) is 44.1 Å². The lowest BCUT2D eigenvalue weighted by molar-refractivity contribution is -0.385. The lowest BCUT2D eigenvalue weighted by Crippen LogP contribution is -2.71. The summed E-state index contributed by atoms with van der Waals surface area (Å²) < 4.78 is 10.2. The van der Waals surface area contributed by atoms with Gasteiger partial charge in [0.1, 0.15) is 12.7 Å². The SMILES string of the molecule is CC(OC(=O)OCc1ccc([N+](=O)[O-])cc1)C1C(=O)N2C1CC(=O)C2(Cc1ccc([N+](=O)[O-])cc1)C(=O)O. The van der Waals surface area contributed by atoms with Gasteiger partial charge >= 0.3 is 12.1 Å². The van der Waals surface area contributed by atoms with Crippen molar-refractivity contribution in [1.82, 2.24) is 4.90 Å². The summed E-state index contributed by atoms with van der Waals surface area (Å²) in [5.74, 6) is -3.87. The third kappa shape index (κ3) is 4.51. The van der Waals surface area contributed by atoms with E-state index in [0.717, 1.165) is 4.90 Å². The second kappa shape index (κ2) is 9.88. The highest BCUT2D eigenvalue weighted by atomic mass is 16.7. The van der Waals surface area contributed by atoms with Gasteiger partial charge in [-0.1, -0.05) is 12.1 Å². The number of ether oxygens (including phenoxy) is 2. The Balaban J connectivity index is 1.41. The van der Waals surface area contributed by atoms with E-state index in [0.29, 0.717) is 11.1 Å². The highest BCUT2D eigenvalue weighted by Crippen LogP contribution is 2.47.